The van der Waals surface area contributed by atoms with Crippen molar-refractivity contribution in [3.05, 3.63) is 36.7 Å². The van der Waals surface area contributed by atoms with Gasteiger partial charge in [-0.25, -0.2) is 18.4 Å². The van der Waals surface area contributed by atoms with Crippen LogP contribution in [0.25, 0.3) is 11.0 Å². The van der Waals surface area contributed by atoms with Gasteiger partial charge in [-0.05, 0) is 25.0 Å². The number of hydrogen-bond donors (Lipinski definition) is 1. The van der Waals surface area contributed by atoms with Crippen molar-refractivity contribution in [1.82, 2.24) is 19.7 Å². The van der Waals surface area contributed by atoms with E-state index in [1.165, 1.54) is 29.9 Å². The SMILES string of the molecule is Cn1cc(S(=O)(=O)Nc2nc3ccccc3nc2N2CCCCCC2)cn1. The Morgan fingerprint density at radius 1 is 1.00 bits per heavy atom. The smallest absolute Gasteiger partial charge is 0.266 e. The van der Waals surface area contributed by atoms with E-state index in [4.69, 9.17) is 4.98 Å². The zero-order valence-electron chi connectivity index (χ0n) is 15.2. The Bertz CT molecular complexity index is 1050. The molecule has 4 rings (SSSR count). The molecule has 1 fully saturated rings. The summed E-state index contributed by atoms with van der Waals surface area (Å²) in [7, 11) is -2.12. The van der Waals surface area contributed by atoms with Crippen LogP contribution in [0.15, 0.2) is 41.6 Å². The van der Waals surface area contributed by atoms with Crippen LogP contribution in [0.1, 0.15) is 25.7 Å². The van der Waals surface area contributed by atoms with Crippen molar-refractivity contribution < 1.29 is 8.42 Å². The highest BCUT2D eigenvalue weighted by atomic mass is 32.2. The van der Waals surface area contributed by atoms with Crippen molar-refractivity contribution >= 4 is 32.7 Å². The fourth-order valence-electron chi connectivity index (χ4n) is 3.29. The number of aromatic nitrogens is 4. The standard InChI is InChI=1S/C18H22N6O2S/c1-23-13-14(12-19-23)27(25,26)22-17-18(24-10-6-2-3-7-11-24)21-16-9-5-4-8-15(16)20-17/h4-5,8-9,12-13H,2-3,6-7,10-11H2,1H3,(H,20,22). The van der Waals surface area contributed by atoms with Gasteiger partial charge in [-0.15, -0.1) is 0 Å². The normalized spacial score (nSPS) is 15.7. The highest BCUT2D eigenvalue weighted by Gasteiger charge is 2.23. The van der Waals surface area contributed by atoms with E-state index in [2.05, 4.69) is 19.7 Å². The van der Waals surface area contributed by atoms with Gasteiger partial charge in [-0.3, -0.25) is 9.40 Å². The summed E-state index contributed by atoms with van der Waals surface area (Å²) in [6.07, 6.45) is 7.25. The number of rotatable bonds is 4. The average molecular weight is 386 g/mol. The minimum atomic E-state index is -3.79. The molecule has 0 radical (unpaired) electrons. The first kappa shape index (κ1) is 17.7. The summed E-state index contributed by atoms with van der Waals surface area (Å²) in [6, 6.07) is 7.49. The Hall–Kier alpha value is -2.68. The van der Waals surface area contributed by atoms with E-state index in [-0.39, 0.29) is 10.7 Å². The molecule has 0 amide bonds. The highest BCUT2D eigenvalue weighted by Crippen LogP contribution is 2.29. The molecule has 0 unspecified atom stereocenters. The summed E-state index contributed by atoms with van der Waals surface area (Å²) in [5, 5.41) is 3.95. The minimum absolute atomic E-state index is 0.0989. The lowest BCUT2D eigenvalue weighted by Gasteiger charge is -2.24. The number of fused-ring (bicyclic) bond motifs is 1. The van der Waals surface area contributed by atoms with Crippen molar-refractivity contribution in [2.24, 2.45) is 7.05 Å². The summed E-state index contributed by atoms with van der Waals surface area (Å²) in [5.74, 6) is 0.850. The van der Waals surface area contributed by atoms with E-state index in [9.17, 15) is 8.42 Å². The van der Waals surface area contributed by atoms with Crippen molar-refractivity contribution in [2.75, 3.05) is 22.7 Å². The Labute approximate surface area is 158 Å². The summed E-state index contributed by atoms with van der Waals surface area (Å²) in [4.78, 5) is 11.5. The molecule has 2 aromatic heterocycles. The van der Waals surface area contributed by atoms with Crippen molar-refractivity contribution in [3.63, 3.8) is 0 Å². The lowest BCUT2D eigenvalue weighted by atomic mass is 10.2. The number of nitrogens with zero attached hydrogens (tertiary/aromatic N) is 5. The van der Waals surface area contributed by atoms with Crippen LogP contribution >= 0.6 is 0 Å². The van der Waals surface area contributed by atoms with Gasteiger partial charge in [0.1, 0.15) is 4.90 Å². The largest absolute Gasteiger partial charge is 0.354 e. The van der Waals surface area contributed by atoms with Crippen LogP contribution in [0.3, 0.4) is 0 Å². The average Bonchev–Trinajstić information content (AvgIpc) is 2.92. The molecule has 27 heavy (non-hydrogen) atoms. The van der Waals surface area contributed by atoms with Crippen LogP contribution < -0.4 is 9.62 Å². The first-order chi connectivity index (χ1) is 13.0. The van der Waals surface area contributed by atoms with Crippen molar-refractivity contribution in [1.29, 1.82) is 0 Å². The van der Waals surface area contributed by atoms with Gasteiger partial charge in [-0.1, -0.05) is 25.0 Å². The van der Waals surface area contributed by atoms with Gasteiger partial charge in [-0.2, -0.15) is 5.10 Å². The van der Waals surface area contributed by atoms with Gasteiger partial charge in [0.2, 0.25) is 0 Å². The second-order valence-corrected chi connectivity index (χ2v) is 8.42. The molecular formula is C18H22N6O2S. The molecule has 1 N–H and O–H groups in total. The number of para-hydroxylation sites is 2. The summed E-state index contributed by atoms with van der Waals surface area (Å²) < 4.78 is 29.7. The van der Waals surface area contributed by atoms with Crippen LogP contribution in [0, 0.1) is 0 Å². The summed E-state index contributed by atoms with van der Waals surface area (Å²) in [6.45, 7) is 1.68. The maximum absolute atomic E-state index is 12.8. The number of nitrogens with one attached hydrogen (secondary N) is 1. The molecule has 1 aliphatic heterocycles. The second kappa shape index (κ2) is 7.15. The third-order valence-electron chi connectivity index (χ3n) is 4.68. The van der Waals surface area contributed by atoms with Crippen molar-refractivity contribution in [3.8, 4) is 0 Å². The lowest BCUT2D eigenvalue weighted by Crippen LogP contribution is -2.27. The van der Waals surface area contributed by atoms with Crippen LogP contribution in [0.5, 0.6) is 0 Å². The topological polar surface area (TPSA) is 93.0 Å². The zero-order chi connectivity index (χ0) is 18.9. The van der Waals surface area contributed by atoms with E-state index in [1.54, 1.807) is 7.05 Å². The van der Waals surface area contributed by atoms with Gasteiger partial charge < -0.3 is 4.90 Å². The first-order valence-electron chi connectivity index (χ1n) is 9.06. The maximum Gasteiger partial charge on any atom is 0.266 e. The molecule has 8 nitrogen and oxygen atoms in total. The van der Waals surface area contributed by atoms with Gasteiger partial charge in [0.05, 0.1) is 17.2 Å². The van der Waals surface area contributed by atoms with Crippen molar-refractivity contribution in [2.45, 2.75) is 30.6 Å². The Morgan fingerprint density at radius 3 is 2.30 bits per heavy atom. The molecule has 1 aliphatic rings. The van der Waals surface area contributed by atoms with E-state index in [0.717, 1.165) is 31.4 Å². The molecule has 0 aliphatic carbocycles. The third-order valence-corrected chi connectivity index (χ3v) is 5.97. The number of anilines is 2. The molecule has 0 atom stereocenters. The summed E-state index contributed by atoms with van der Waals surface area (Å²) in [5.41, 5.74) is 1.40. The van der Waals surface area contributed by atoms with Crippen LogP contribution in [-0.2, 0) is 17.1 Å². The molecule has 0 saturated carbocycles. The van der Waals surface area contributed by atoms with Crippen LogP contribution in [-0.4, -0.2) is 41.3 Å². The van der Waals surface area contributed by atoms with E-state index < -0.39 is 10.0 Å². The van der Waals surface area contributed by atoms with Gasteiger partial charge >= 0.3 is 0 Å². The Kier molecular flexibility index (Phi) is 4.69. The third kappa shape index (κ3) is 3.73. The Morgan fingerprint density at radius 2 is 1.67 bits per heavy atom. The van der Waals surface area contributed by atoms with E-state index in [1.807, 2.05) is 24.3 Å². The number of hydrogen-bond acceptors (Lipinski definition) is 6. The van der Waals surface area contributed by atoms with Crippen LogP contribution in [0.2, 0.25) is 0 Å². The number of benzene rings is 1. The van der Waals surface area contributed by atoms with Gasteiger partial charge in [0.15, 0.2) is 11.6 Å². The molecule has 3 heterocycles. The number of aryl methyl sites for hydroxylation is 1. The van der Waals surface area contributed by atoms with Crippen LogP contribution in [0.4, 0.5) is 11.6 Å². The minimum Gasteiger partial charge on any atom is -0.354 e. The molecule has 9 heteroatoms. The fraction of sp³-hybridized carbons (Fsp3) is 0.389. The maximum atomic E-state index is 12.8. The monoisotopic (exact) mass is 386 g/mol. The predicted molar refractivity (Wildman–Crippen MR) is 104 cm³/mol. The van der Waals surface area contributed by atoms with Gasteiger partial charge in [0.25, 0.3) is 10.0 Å². The second-order valence-electron chi connectivity index (χ2n) is 6.74. The number of sulfonamides is 1. The zero-order valence-corrected chi connectivity index (χ0v) is 16.0. The van der Waals surface area contributed by atoms with E-state index >= 15 is 0 Å². The first-order valence-corrected chi connectivity index (χ1v) is 10.5. The molecule has 1 aromatic carbocycles. The lowest BCUT2D eigenvalue weighted by molar-refractivity contribution is 0.601. The Balaban J connectivity index is 1.78. The molecule has 3 aromatic rings. The molecule has 0 bridgehead atoms. The quantitative estimate of drug-likeness (QED) is 0.741. The highest BCUT2D eigenvalue weighted by molar-refractivity contribution is 7.92. The van der Waals surface area contributed by atoms with E-state index in [0.29, 0.717) is 11.3 Å². The molecule has 1 saturated heterocycles. The molecule has 142 valence electrons. The van der Waals surface area contributed by atoms with Gasteiger partial charge in [0, 0.05) is 26.3 Å². The molecular weight excluding hydrogens is 364 g/mol. The fourth-order valence-corrected chi connectivity index (χ4v) is 4.27. The predicted octanol–water partition coefficient (Wildman–Crippen LogP) is 2.54. The molecule has 0 spiro atoms. The summed E-state index contributed by atoms with van der Waals surface area (Å²) >= 11 is 0.